The van der Waals surface area contributed by atoms with Gasteiger partial charge in [-0.15, -0.1) is 0 Å². The average Bonchev–Trinajstić information content (AvgIpc) is 2.77. The van der Waals surface area contributed by atoms with E-state index in [0.29, 0.717) is 12.2 Å². The molecule has 0 unspecified atom stereocenters. The Morgan fingerprint density at radius 2 is 2.06 bits per heavy atom. The zero-order valence-corrected chi connectivity index (χ0v) is 10.3. The number of hydrogen-bond donors (Lipinski definition) is 1. The SMILES string of the molecule is Cc1ncoc1C(=O)N(C)Cc1ccc(O)cc1. The summed E-state index contributed by atoms with van der Waals surface area (Å²) < 4.78 is 5.06. The number of hydrogen-bond acceptors (Lipinski definition) is 4. The highest BCUT2D eigenvalue weighted by Gasteiger charge is 2.18. The Balaban J connectivity index is 2.08. The Morgan fingerprint density at radius 1 is 1.39 bits per heavy atom. The first-order valence-electron chi connectivity index (χ1n) is 5.51. The molecule has 18 heavy (non-hydrogen) atoms. The van der Waals surface area contributed by atoms with Crippen LogP contribution in [0.3, 0.4) is 0 Å². The van der Waals surface area contributed by atoms with Gasteiger partial charge in [0.15, 0.2) is 6.39 Å². The average molecular weight is 246 g/mol. The van der Waals surface area contributed by atoms with Crippen LogP contribution in [0.4, 0.5) is 0 Å². The Kier molecular flexibility index (Phi) is 3.32. The maximum absolute atomic E-state index is 12.0. The van der Waals surface area contributed by atoms with Gasteiger partial charge in [-0.05, 0) is 24.6 Å². The van der Waals surface area contributed by atoms with Crippen LogP contribution in [0.1, 0.15) is 21.8 Å². The van der Waals surface area contributed by atoms with Gasteiger partial charge in [0.05, 0.1) is 5.69 Å². The number of oxazole rings is 1. The lowest BCUT2D eigenvalue weighted by atomic mass is 10.2. The van der Waals surface area contributed by atoms with Gasteiger partial charge >= 0.3 is 0 Å². The first-order chi connectivity index (χ1) is 8.58. The normalized spacial score (nSPS) is 10.3. The van der Waals surface area contributed by atoms with Gasteiger partial charge in [0.1, 0.15) is 5.75 Å². The van der Waals surface area contributed by atoms with Crippen molar-refractivity contribution in [2.24, 2.45) is 0 Å². The number of aromatic nitrogens is 1. The molecule has 0 bridgehead atoms. The topological polar surface area (TPSA) is 66.6 Å². The second-order valence-corrected chi connectivity index (χ2v) is 4.09. The molecule has 0 aliphatic heterocycles. The molecule has 0 saturated heterocycles. The first-order valence-corrected chi connectivity index (χ1v) is 5.51. The number of rotatable bonds is 3. The van der Waals surface area contributed by atoms with Crippen LogP contribution >= 0.6 is 0 Å². The third-order valence-electron chi connectivity index (χ3n) is 2.64. The number of phenols is 1. The van der Waals surface area contributed by atoms with Crippen LogP contribution in [0.25, 0.3) is 0 Å². The summed E-state index contributed by atoms with van der Waals surface area (Å²) in [6.45, 7) is 2.17. The summed E-state index contributed by atoms with van der Waals surface area (Å²) in [6.07, 6.45) is 1.26. The largest absolute Gasteiger partial charge is 0.508 e. The van der Waals surface area contributed by atoms with E-state index in [1.807, 2.05) is 0 Å². The first kappa shape index (κ1) is 12.2. The third-order valence-corrected chi connectivity index (χ3v) is 2.64. The van der Waals surface area contributed by atoms with Gasteiger partial charge in [0, 0.05) is 13.6 Å². The Bertz CT molecular complexity index is 546. The van der Waals surface area contributed by atoms with Crippen molar-refractivity contribution < 1.29 is 14.3 Å². The molecule has 5 heteroatoms. The fourth-order valence-electron chi connectivity index (χ4n) is 1.63. The van der Waals surface area contributed by atoms with E-state index >= 15 is 0 Å². The molecule has 2 aromatic rings. The molecule has 94 valence electrons. The summed E-state index contributed by atoms with van der Waals surface area (Å²) in [4.78, 5) is 17.5. The third kappa shape index (κ3) is 2.51. The molecule has 2 rings (SSSR count). The Labute approximate surface area is 105 Å². The molecule has 0 saturated carbocycles. The lowest BCUT2D eigenvalue weighted by molar-refractivity contribution is 0.0752. The number of nitrogens with zero attached hydrogens (tertiary/aromatic N) is 2. The van der Waals surface area contributed by atoms with Crippen molar-refractivity contribution in [2.45, 2.75) is 13.5 Å². The minimum Gasteiger partial charge on any atom is -0.508 e. The van der Waals surface area contributed by atoms with Gasteiger partial charge in [-0.2, -0.15) is 0 Å². The molecule has 1 amide bonds. The molecule has 1 heterocycles. The Hall–Kier alpha value is -2.30. The highest BCUT2D eigenvalue weighted by molar-refractivity contribution is 5.92. The number of aromatic hydroxyl groups is 1. The minimum absolute atomic E-state index is 0.207. The molecule has 0 atom stereocenters. The fraction of sp³-hybridized carbons (Fsp3) is 0.231. The predicted octanol–water partition coefficient (Wildman–Crippen LogP) is 1.96. The van der Waals surface area contributed by atoms with E-state index in [0.717, 1.165) is 5.56 Å². The van der Waals surface area contributed by atoms with Crippen molar-refractivity contribution in [3.63, 3.8) is 0 Å². The van der Waals surface area contributed by atoms with Crippen LogP contribution in [-0.2, 0) is 6.54 Å². The second kappa shape index (κ2) is 4.91. The predicted molar refractivity (Wildman–Crippen MR) is 65.1 cm³/mol. The highest BCUT2D eigenvalue weighted by Crippen LogP contribution is 2.13. The molecule has 1 aromatic carbocycles. The van der Waals surface area contributed by atoms with Gasteiger partial charge in [0.25, 0.3) is 5.91 Å². The highest BCUT2D eigenvalue weighted by atomic mass is 16.3. The molecular weight excluding hydrogens is 232 g/mol. The van der Waals surface area contributed by atoms with E-state index < -0.39 is 0 Å². The second-order valence-electron chi connectivity index (χ2n) is 4.09. The van der Waals surface area contributed by atoms with E-state index in [2.05, 4.69) is 4.98 Å². The van der Waals surface area contributed by atoms with Gasteiger partial charge < -0.3 is 14.4 Å². The number of phenolic OH excluding ortho intramolecular Hbond substituents is 1. The van der Waals surface area contributed by atoms with Crippen molar-refractivity contribution in [1.29, 1.82) is 0 Å². The molecule has 0 aliphatic carbocycles. The van der Waals surface area contributed by atoms with Crippen LogP contribution < -0.4 is 0 Å². The zero-order valence-electron chi connectivity index (χ0n) is 10.3. The van der Waals surface area contributed by atoms with Crippen molar-refractivity contribution in [2.75, 3.05) is 7.05 Å². The molecule has 0 fully saturated rings. The summed E-state index contributed by atoms with van der Waals surface area (Å²) in [6, 6.07) is 6.72. The summed E-state index contributed by atoms with van der Waals surface area (Å²) in [5, 5.41) is 9.18. The maximum Gasteiger partial charge on any atom is 0.291 e. The summed E-state index contributed by atoms with van der Waals surface area (Å²) in [7, 11) is 1.69. The number of aryl methyl sites for hydroxylation is 1. The summed E-state index contributed by atoms with van der Waals surface area (Å²) >= 11 is 0. The van der Waals surface area contributed by atoms with E-state index in [4.69, 9.17) is 4.42 Å². The zero-order chi connectivity index (χ0) is 13.1. The van der Waals surface area contributed by atoms with Crippen molar-refractivity contribution in [1.82, 2.24) is 9.88 Å². The van der Waals surface area contributed by atoms with Gasteiger partial charge in [-0.3, -0.25) is 4.79 Å². The minimum atomic E-state index is -0.210. The van der Waals surface area contributed by atoms with Crippen molar-refractivity contribution >= 4 is 5.91 Å². The van der Waals surface area contributed by atoms with Crippen molar-refractivity contribution in [3.8, 4) is 5.75 Å². The number of benzene rings is 1. The number of carbonyl (C=O) groups is 1. The van der Waals surface area contributed by atoms with Gasteiger partial charge in [-0.1, -0.05) is 12.1 Å². The molecule has 0 spiro atoms. The van der Waals surface area contributed by atoms with E-state index in [1.165, 1.54) is 6.39 Å². The molecule has 5 nitrogen and oxygen atoms in total. The van der Waals surface area contributed by atoms with E-state index in [9.17, 15) is 9.90 Å². The van der Waals surface area contributed by atoms with Crippen LogP contribution in [0.5, 0.6) is 5.75 Å². The molecule has 1 aromatic heterocycles. The fourth-order valence-corrected chi connectivity index (χ4v) is 1.63. The number of amides is 1. The maximum atomic E-state index is 12.0. The van der Waals surface area contributed by atoms with Crippen LogP contribution in [0.15, 0.2) is 35.1 Å². The molecule has 1 N–H and O–H groups in total. The lowest BCUT2D eigenvalue weighted by Gasteiger charge is -2.16. The van der Waals surface area contributed by atoms with Crippen LogP contribution in [-0.4, -0.2) is 27.9 Å². The monoisotopic (exact) mass is 246 g/mol. The Morgan fingerprint density at radius 3 is 2.61 bits per heavy atom. The van der Waals surface area contributed by atoms with Gasteiger partial charge in [0.2, 0.25) is 5.76 Å². The van der Waals surface area contributed by atoms with Crippen molar-refractivity contribution in [3.05, 3.63) is 47.7 Å². The van der Waals surface area contributed by atoms with Gasteiger partial charge in [-0.25, -0.2) is 4.98 Å². The smallest absolute Gasteiger partial charge is 0.291 e. The molecule has 0 aliphatic rings. The van der Waals surface area contributed by atoms with E-state index in [1.54, 1.807) is 43.1 Å². The van der Waals surface area contributed by atoms with Crippen LogP contribution in [0, 0.1) is 6.92 Å². The number of carbonyl (C=O) groups excluding carboxylic acids is 1. The molecule has 0 radical (unpaired) electrons. The summed E-state index contributed by atoms with van der Waals surface area (Å²) in [5.74, 6) is 0.258. The summed E-state index contributed by atoms with van der Waals surface area (Å²) in [5.41, 5.74) is 1.51. The van der Waals surface area contributed by atoms with E-state index in [-0.39, 0.29) is 17.4 Å². The molecular formula is C13H14N2O3. The standard InChI is InChI=1S/C13H14N2O3/c1-9-12(18-8-14-9)13(17)15(2)7-10-3-5-11(16)6-4-10/h3-6,8,16H,7H2,1-2H3. The van der Waals surface area contributed by atoms with Crippen LogP contribution in [0.2, 0.25) is 0 Å². The lowest BCUT2D eigenvalue weighted by Crippen LogP contribution is -2.26. The quantitative estimate of drug-likeness (QED) is 0.899.